The predicted molar refractivity (Wildman–Crippen MR) is 111 cm³/mol. The van der Waals surface area contributed by atoms with E-state index >= 15 is 0 Å². The van der Waals surface area contributed by atoms with Gasteiger partial charge in [-0.25, -0.2) is 0 Å². The molecule has 0 spiro atoms. The van der Waals surface area contributed by atoms with Crippen LogP contribution >= 0.6 is 0 Å². The van der Waals surface area contributed by atoms with Gasteiger partial charge < -0.3 is 13.7 Å². The Hall–Kier alpha value is -3.58. The fourth-order valence-corrected chi connectivity index (χ4v) is 3.95. The van der Waals surface area contributed by atoms with E-state index in [4.69, 9.17) is 13.7 Å². The number of allylic oxidation sites excluding steroid dienone is 1. The highest BCUT2D eigenvalue weighted by Crippen LogP contribution is 2.36. The zero-order chi connectivity index (χ0) is 21.3. The number of rotatable bonds is 5. The normalized spacial score (nSPS) is 14.3. The molecule has 3 aromatic rings. The van der Waals surface area contributed by atoms with Gasteiger partial charge in [-0.1, -0.05) is 24.3 Å². The quantitative estimate of drug-likeness (QED) is 0.448. The molecule has 7 heteroatoms. The van der Waals surface area contributed by atoms with E-state index in [1.807, 2.05) is 31.2 Å². The van der Waals surface area contributed by atoms with Crippen molar-refractivity contribution >= 4 is 22.0 Å². The summed E-state index contributed by atoms with van der Waals surface area (Å²) in [5.74, 6) is 0.746. The van der Waals surface area contributed by atoms with Gasteiger partial charge in [0, 0.05) is 6.07 Å². The molecule has 0 amide bonds. The van der Waals surface area contributed by atoms with Crippen LogP contribution in [0.5, 0.6) is 17.2 Å². The smallest absolute Gasteiger partial charge is 0.339 e. The number of hydrogen-bond donors (Lipinski definition) is 0. The molecular weight excluding hydrogens is 404 g/mol. The number of carbonyl (C=O) groups excluding carboxylic acids is 1. The van der Waals surface area contributed by atoms with Crippen molar-refractivity contribution in [2.24, 2.45) is 0 Å². The maximum atomic E-state index is 12.6. The Morgan fingerprint density at radius 3 is 2.33 bits per heavy atom. The van der Waals surface area contributed by atoms with Gasteiger partial charge >= 0.3 is 10.1 Å². The Kier molecular flexibility index (Phi) is 5.05. The molecular formula is C23H18O6S. The van der Waals surface area contributed by atoms with E-state index in [0.29, 0.717) is 11.3 Å². The third kappa shape index (κ3) is 3.79. The van der Waals surface area contributed by atoms with Crippen LogP contribution in [0.3, 0.4) is 0 Å². The Labute approximate surface area is 174 Å². The van der Waals surface area contributed by atoms with Crippen LogP contribution in [-0.4, -0.2) is 21.3 Å². The second-order valence-corrected chi connectivity index (χ2v) is 8.21. The fourth-order valence-electron chi connectivity index (χ4n) is 3.03. The highest BCUT2D eigenvalue weighted by atomic mass is 32.2. The molecule has 30 heavy (non-hydrogen) atoms. The number of ether oxygens (including phenoxy) is 2. The number of hydrogen-bond acceptors (Lipinski definition) is 6. The third-order valence-corrected chi connectivity index (χ3v) is 5.93. The van der Waals surface area contributed by atoms with E-state index in [2.05, 4.69) is 0 Å². The number of Topliss-reactive ketones (excluding diaryl/α,β-unsaturated/α-hetero) is 1. The molecule has 1 aliphatic rings. The number of benzene rings is 3. The molecule has 0 N–H and O–H groups in total. The summed E-state index contributed by atoms with van der Waals surface area (Å²) in [6.07, 6.45) is 1.67. The summed E-state index contributed by atoms with van der Waals surface area (Å²) in [7, 11) is -2.55. The average molecular weight is 422 g/mol. The highest BCUT2D eigenvalue weighted by molar-refractivity contribution is 7.87. The number of carbonyl (C=O) groups is 1. The molecule has 0 radical (unpaired) electrons. The number of fused-ring (bicyclic) bond motifs is 1. The van der Waals surface area contributed by atoms with Crippen molar-refractivity contribution in [2.75, 3.05) is 7.11 Å². The van der Waals surface area contributed by atoms with Gasteiger partial charge in [0.15, 0.2) is 5.76 Å². The molecule has 0 aliphatic carbocycles. The lowest BCUT2D eigenvalue weighted by Crippen LogP contribution is -2.09. The fraction of sp³-hybridized carbons (Fsp3) is 0.0870. The second-order valence-electron chi connectivity index (χ2n) is 6.67. The zero-order valence-electron chi connectivity index (χ0n) is 16.3. The van der Waals surface area contributed by atoms with E-state index in [-0.39, 0.29) is 27.9 Å². The Balaban J connectivity index is 1.59. The van der Waals surface area contributed by atoms with Crippen molar-refractivity contribution in [2.45, 2.75) is 11.8 Å². The average Bonchev–Trinajstić information content (AvgIpc) is 3.04. The van der Waals surface area contributed by atoms with Crippen LogP contribution in [0, 0.1) is 6.92 Å². The lowest BCUT2D eigenvalue weighted by Gasteiger charge is -2.08. The van der Waals surface area contributed by atoms with Crippen LogP contribution in [0.1, 0.15) is 21.5 Å². The highest BCUT2D eigenvalue weighted by Gasteiger charge is 2.28. The van der Waals surface area contributed by atoms with Crippen LogP contribution in [0.25, 0.3) is 6.08 Å². The summed E-state index contributed by atoms with van der Waals surface area (Å²) in [4.78, 5) is 12.6. The standard InChI is InChI=1S/C23H18O6S/c1-15-5-3-4-6-16(15)13-22-23(24)20-12-9-18(14-21(20)28-22)29-30(25,26)19-10-7-17(27-2)8-11-19/h3-14H,1-2H3. The van der Waals surface area contributed by atoms with E-state index in [1.165, 1.54) is 49.6 Å². The molecule has 0 bridgehead atoms. The monoisotopic (exact) mass is 422 g/mol. The lowest BCUT2D eigenvalue weighted by atomic mass is 10.1. The Morgan fingerprint density at radius 2 is 1.63 bits per heavy atom. The molecule has 152 valence electrons. The lowest BCUT2D eigenvalue weighted by molar-refractivity contribution is 0.101. The molecule has 0 atom stereocenters. The molecule has 0 fully saturated rings. The Bertz CT molecular complexity index is 1260. The van der Waals surface area contributed by atoms with Crippen molar-refractivity contribution < 1.29 is 26.9 Å². The molecule has 6 nitrogen and oxygen atoms in total. The largest absolute Gasteiger partial charge is 0.497 e. The minimum Gasteiger partial charge on any atom is -0.497 e. The van der Waals surface area contributed by atoms with Gasteiger partial charge in [-0.3, -0.25) is 4.79 Å². The molecule has 3 aromatic carbocycles. The molecule has 0 unspecified atom stereocenters. The Morgan fingerprint density at radius 1 is 0.933 bits per heavy atom. The van der Waals surface area contributed by atoms with Gasteiger partial charge in [0.05, 0.1) is 12.7 Å². The van der Waals surface area contributed by atoms with Gasteiger partial charge in [0.2, 0.25) is 5.78 Å². The SMILES string of the molecule is COc1ccc(S(=O)(=O)Oc2ccc3c(c2)OC(=Cc2ccccc2C)C3=O)cc1. The number of ketones is 1. The summed E-state index contributed by atoms with van der Waals surface area (Å²) >= 11 is 0. The third-order valence-electron chi connectivity index (χ3n) is 4.67. The zero-order valence-corrected chi connectivity index (χ0v) is 17.1. The number of methoxy groups -OCH3 is 1. The van der Waals surface area contributed by atoms with Crippen molar-refractivity contribution in [3.63, 3.8) is 0 Å². The summed E-state index contributed by atoms with van der Waals surface area (Å²) in [6, 6.07) is 17.8. The topological polar surface area (TPSA) is 78.9 Å². The van der Waals surface area contributed by atoms with Crippen LogP contribution in [0.2, 0.25) is 0 Å². The minimum atomic E-state index is -4.05. The summed E-state index contributed by atoms with van der Waals surface area (Å²) in [5.41, 5.74) is 2.23. The van der Waals surface area contributed by atoms with Crippen LogP contribution in [0.4, 0.5) is 0 Å². The first kappa shape index (κ1) is 19.7. The van der Waals surface area contributed by atoms with Gasteiger partial charge in [-0.15, -0.1) is 0 Å². The molecule has 4 rings (SSSR count). The first-order valence-electron chi connectivity index (χ1n) is 9.10. The molecule has 0 saturated heterocycles. The van der Waals surface area contributed by atoms with Gasteiger partial charge in [0.25, 0.3) is 0 Å². The van der Waals surface area contributed by atoms with E-state index in [1.54, 1.807) is 6.08 Å². The van der Waals surface area contributed by atoms with Crippen molar-refractivity contribution in [3.8, 4) is 17.2 Å². The summed E-state index contributed by atoms with van der Waals surface area (Å²) in [6.45, 7) is 1.94. The minimum absolute atomic E-state index is 0.0130. The first-order chi connectivity index (χ1) is 14.4. The summed E-state index contributed by atoms with van der Waals surface area (Å²) < 4.78 is 41.0. The van der Waals surface area contributed by atoms with Crippen molar-refractivity contribution in [1.29, 1.82) is 0 Å². The maximum absolute atomic E-state index is 12.6. The van der Waals surface area contributed by atoms with Gasteiger partial charge in [0.1, 0.15) is 22.1 Å². The summed E-state index contributed by atoms with van der Waals surface area (Å²) in [5, 5.41) is 0. The number of aryl methyl sites for hydroxylation is 1. The van der Waals surface area contributed by atoms with E-state index < -0.39 is 10.1 Å². The van der Waals surface area contributed by atoms with Crippen LogP contribution < -0.4 is 13.7 Å². The molecule has 1 heterocycles. The molecule has 0 saturated carbocycles. The predicted octanol–water partition coefficient (Wildman–Crippen LogP) is 4.39. The van der Waals surface area contributed by atoms with E-state index in [9.17, 15) is 13.2 Å². The van der Waals surface area contributed by atoms with E-state index in [0.717, 1.165) is 11.1 Å². The van der Waals surface area contributed by atoms with Gasteiger partial charge in [-0.2, -0.15) is 8.42 Å². The van der Waals surface area contributed by atoms with Crippen LogP contribution in [0.15, 0.2) is 77.4 Å². The van der Waals surface area contributed by atoms with Gasteiger partial charge in [-0.05, 0) is 60.5 Å². The van der Waals surface area contributed by atoms with Crippen molar-refractivity contribution in [3.05, 3.63) is 89.2 Å². The first-order valence-corrected chi connectivity index (χ1v) is 10.5. The molecule has 0 aromatic heterocycles. The maximum Gasteiger partial charge on any atom is 0.339 e. The van der Waals surface area contributed by atoms with Crippen LogP contribution in [-0.2, 0) is 10.1 Å². The second kappa shape index (κ2) is 7.68. The van der Waals surface area contributed by atoms with Crippen molar-refractivity contribution in [1.82, 2.24) is 0 Å². The molecule has 1 aliphatic heterocycles.